The molecule has 1 aliphatic heterocycles. The molecule has 1 aromatic rings. The van der Waals surface area contributed by atoms with Gasteiger partial charge >= 0.3 is 0 Å². The Bertz CT molecular complexity index is 404. The molecule has 0 amide bonds. The SMILES string of the molecule is CCN(CC1CCCNC1)C(C)Cc1ccc(OC)cc1.Cl. The molecule has 0 aliphatic carbocycles. The van der Waals surface area contributed by atoms with Crippen LogP contribution in [0.25, 0.3) is 0 Å². The monoisotopic (exact) mass is 326 g/mol. The number of benzene rings is 1. The molecule has 0 spiro atoms. The lowest BCUT2D eigenvalue weighted by Crippen LogP contribution is -2.42. The minimum atomic E-state index is 0. The van der Waals surface area contributed by atoms with Gasteiger partial charge in [-0.1, -0.05) is 19.1 Å². The van der Waals surface area contributed by atoms with Crippen molar-refractivity contribution in [1.82, 2.24) is 10.2 Å². The first-order valence-corrected chi connectivity index (χ1v) is 8.30. The molecule has 1 aromatic carbocycles. The summed E-state index contributed by atoms with van der Waals surface area (Å²) in [5, 5.41) is 3.53. The molecular formula is C18H31ClN2O. The molecule has 126 valence electrons. The molecule has 0 radical (unpaired) electrons. The number of ether oxygens (including phenoxy) is 1. The first-order valence-electron chi connectivity index (χ1n) is 8.30. The Morgan fingerprint density at radius 2 is 2.05 bits per heavy atom. The highest BCUT2D eigenvalue weighted by atomic mass is 35.5. The third-order valence-corrected chi connectivity index (χ3v) is 4.61. The summed E-state index contributed by atoms with van der Waals surface area (Å²) in [5.41, 5.74) is 1.39. The lowest BCUT2D eigenvalue weighted by Gasteiger charge is -2.33. The van der Waals surface area contributed by atoms with E-state index in [0.29, 0.717) is 6.04 Å². The Morgan fingerprint density at radius 3 is 2.59 bits per heavy atom. The summed E-state index contributed by atoms with van der Waals surface area (Å²) in [6, 6.07) is 9.08. The molecule has 2 unspecified atom stereocenters. The highest BCUT2D eigenvalue weighted by Gasteiger charge is 2.19. The molecule has 2 atom stereocenters. The number of piperidine rings is 1. The number of nitrogens with one attached hydrogen (secondary N) is 1. The fourth-order valence-corrected chi connectivity index (χ4v) is 3.26. The van der Waals surface area contributed by atoms with Gasteiger partial charge in [0.15, 0.2) is 0 Å². The fourth-order valence-electron chi connectivity index (χ4n) is 3.26. The molecule has 1 aliphatic rings. The molecule has 1 heterocycles. The van der Waals surface area contributed by atoms with Crippen molar-refractivity contribution < 1.29 is 4.74 Å². The number of methoxy groups -OCH3 is 1. The predicted molar refractivity (Wildman–Crippen MR) is 96.2 cm³/mol. The van der Waals surface area contributed by atoms with Gasteiger partial charge in [-0.15, -0.1) is 12.4 Å². The van der Waals surface area contributed by atoms with Crippen LogP contribution < -0.4 is 10.1 Å². The third-order valence-electron chi connectivity index (χ3n) is 4.61. The maximum atomic E-state index is 5.23. The summed E-state index contributed by atoms with van der Waals surface area (Å²) in [7, 11) is 1.72. The van der Waals surface area contributed by atoms with Gasteiger partial charge in [0.05, 0.1) is 7.11 Å². The van der Waals surface area contributed by atoms with E-state index < -0.39 is 0 Å². The molecule has 4 heteroatoms. The van der Waals surface area contributed by atoms with Crippen LogP contribution in [0.4, 0.5) is 0 Å². The molecule has 1 saturated heterocycles. The third kappa shape index (κ3) is 5.79. The Labute approximate surface area is 141 Å². The van der Waals surface area contributed by atoms with Crippen molar-refractivity contribution in [3.05, 3.63) is 29.8 Å². The first-order chi connectivity index (χ1) is 10.2. The van der Waals surface area contributed by atoms with E-state index in [0.717, 1.165) is 24.6 Å². The second kappa shape index (κ2) is 10.1. The highest BCUT2D eigenvalue weighted by Crippen LogP contribution is 2.17. The maximum Gasteiger partial charge on any atom is 0.118 e. The van der Waals surface area contributed by atoms with Crippen molar-refractivity contribution in [2.45, 2.75) is 39.2 Å². The average molecular weight is 327 g/mol. The zero-order valence-electron chi connectivity index (χ0n) is 14.2. The van der Waals surface area contributed by atoms with E-state index in [2.05, 4.69) is 48.3 Å². The first kappa shape index (κ1) is 19.3. The molecule has 1 N–H and O–H groups in total. The largest absolute Gasteiger partial charge is 0.497 e. The van der Waals surface area contributed by atoms with E-state index in [1.807, 2.05) is 0 Å². The molecule has 2 rings (SSSR count). The molecule has 1 fully saturated rings. The van der Waals surface area contributed by atoms with Crippen LogP contribution >= 0.6 is 12.4 Å². The van der Waals surface area contributed by atoms with Gasteiger partial charge in [-0.05, 0) is 69.4 Å². The van der Waals surface area contributed by atoms with Crippen molar-refractivity contribution in [1.29, 1.82) is 0 Å². The summed E-state index contributed by atoms with van der Waals surface area (Å²) < 4.78 is 5.23. The smallest absolute Gasteiger partial charge is 0.118 e. The molecule has 0 saturated carbocycles. The normalized spacial score (nSPS) is 19.5. The minimum Gasteiger partial charge on any atom is -0.497 e. The van der Waals surface area contributed by atoms with Gasteiger partial charge in [-0.25, -0.2) is 0 Å². The molecule has 0 aromatic heterocycles. The number of rotatable bonds is 7. The van der Waals surface area contributed by atoms with E-state index in [4.69, 9.17) is 4.74 Å². The number of hydrogen-bond donors (Lipinski definition) is 1. The summed E-state index contributed by atoms with van der Waals surface area (Å²) in [4.78, 5) is 2.63. The lowest BCUT2D eigenvalue weighted by molar-refractivity contribution is 0.169. The number of likely N-dealkylation sites (N-methyl/N-ethyl adjacent to an activating group) is 1. The van der Waals surface area contributed by atoms with E-state index in [-0.39, 0.29) is 12.4 Å². The number of halogens is 1. The zero-order valence-corrected chi connectivity index (χ0v) is 15.0. The van der Waals surface area contributed by atoms with Crippen LogP contribution in [0.3, 0.4) is 0 Å². The number of hydrogen-bond acceptors (Lipinski definition) is 3. The highest BCUT2D eigenvalue weighted by molar-refractivity contribution is 5.85. The van der Waals surface area contributed by atoms with Gasteiger partial charge in [0.1, 0.15) is 5.75 Å². The van der Waals surface area contributed by atoms with E-state index >= 15 is 0 Å². The van der Waals surface area contributed by atoms with Crippen LogP contribution in [-0.2, 0) is 6.42 Å². The van der Waals surface area contributed by atoms with Crippen LogP contribution in [0.15, 0.2) is 24.3 Å². The van der Waals surface area contributed by atoms with Gasteiger partial charge in [0.25, 0.3) is 0 Å². The Morgan fingerprint density at radius 1 is 1.32 bits per heavy atom. The van der Waals surface area contributed by atoms with Gasteiger partial charge in [-0.3, -0.25) is 0 Å². The topological polar surface area (TPSA) is 24.5 Å². The lowest BCUT2D eigenvalue weighted by atomic mass is 9.97. The van der Waals surface area contributed by atoms with Gasteiger partial charge in [0.2, 0.25) is 0 Å². The van der Waals surface area contributed by atoms with Crippen molar-refractivity contribution in [3.63, 3.8) is 0 Å². The van der Waals surface area contributed by atoms with E-state index in [1.165, 1.54) is 38.0 Å². The fraction of sp³-hybridized carbons (Fsp3) is 0.667. The predicted octanol–water partition coefficient (Wildman–Crippen LogP) is 3.37. The molecular weight excluding hydrogens is 296 g/mol. The molecule has 22 heavy (non-hydrogen) atoms. The molecule has 3 nitrogen and oxygen atoms in total. The zero-order chi connectivity index (χ0) is 15.1. The van der Waals surface area contributed by atoms with E-state index in [9.17, 15) is 0 Å². The van der Waals surface area contributed by atoms with Crippen molar-refractivity contribution in [2.24, 2.45) is 5.92 Å². The minimum absolute atomic E-state index is 0. The van der Waals surface area contributed by atoms with Gasteiger partial charge in [-0.2, -0.15) is 0 Å². The summed E-state index contributed by atoms with van der Waals surface area (Å²) in [6.45, 7) is 9.37. The second-order valence-electron chi connectivity index (χ2n) is 6.20. The quantitative estimate of drug-likeness (QED) is 0.831. The van der Waals surface area contributed by atoms with Gasteiger partial charge in [0, 0.05) is 12.6 Å². The summed E-state index contributed by atoms with van der Waals surface area (Å²) in [5.74, 6) is 1.75. The van der Waals surface area contributed by atoms with Crippen LogP contribution in [0.5, 0.6) is 5.75 Å². The number of nitrogens with zero attached hydrogens (tertiary/aromatic N) is 1. The van der Waals surface area contributed by atoms with Crippen LogP contribution in [0.1, 0.15) is 32.3 Å². The van der Waals surface area contributed by atoms with E-state index in [1.54, 1.807) is 7.11 Å². The molecule has 0 bridgehead atoms. The average Bonchev–Trinajstić information content (AvgIpc) is 2.54. The van der Waals surface area contributed by atoms with Crippen molar-refractivity contribution >= 4 is 12.4 Å². The summed E-state index contributed by atoms with van der Waals surface area (Å²) >= 11 is 0. The van der Waals surface area contributed by atoms with Crippen LogP contribution in [0.2, 0.25) is 0 Å². The van der Waals surface area contributed by atoms with Gasteiger partial charge < -0.3 is 15.0 Å². The standard InChI is InChI=1S/C18H30N2O.ClH/c1-4-20(14-17-6-5-11-19-13-17)15(2)12-16-7-9-18(21-3)10-8-16;/h7-10,15,17,19H,4-6,11-14H2,1-3H3;1H. The maximum absolute atomic E-state index is 5.23. The van der Waals surface area contributed by atoms with Crippen LogP contribution in [-0.4, -0.2) is 44.2 Å². The Hall–Kier alpha value is -0.770. The van der Waals surface area contributed by atoms with Crippen molar-refractivity contribution in [2.75, 3.05) is 33.3 Å². The Kier molecular flexibility index (Phi) is 8.84. The van der Waals surface area contributed by atoms with Crippen molar-refractivity contribution in [3.8, 4) is 5.75 Å². The summed E-state index contributed by atoms with van der Waals surface area (Å²) in [6.07, 6.45) is 3.81. The van der Waals surface area contributed by atoms with Crippen LogP contribution in [0, 0.1) is 5.92 Å². The Balaban J connectivity index is 0.00000242. The second-order valence-corrected chi connectivity index (χ2v) is 6.20.